The molecule has 16 nitrogen and oxygen atoms in total. The number of nitro groups is 1. The van der Waals surface area contributed by atoms with Gasteiger partial charge in [0.25, 0.3) is 5.69 Å². The summed E-state index contributed by atoms with van der Waals surface area (Å²) in [5.41, 5.74) is 0.565. The van der Waals surface area contributed by atoms with Crippen LogP contribution in [0, 0.1) is 67.3 Å². The summed E-state index contributed by atoms with van der Waals surface area (Å²) >= 11 is 0. The molecule has 5 fully saturated rings. The number of thiophene rings is 1. The second-order valence-corrected chi connectivity index (χ2v) is 37.9. The van der Waals surface area contributed by atoms with E-state index in [2.05, 4.69) is 144 Å². The van der Waals surface area contributed by atoms with E-state index in [-0.39, 0.29) is 74.3 Å². The Hall–Kier alpha value is -7.88. The largest absolute Gasteiger partial charge is 0.868 e. The van der Waals surface area contributed by atoms with E-state index in [1.807, 2.05) is 85.7 Å². The lowest BCUT2D eigenvalue weighted by molar-refractivity contribution is -0.398. The van der Waals surface area contributed by atoms with E-state index in [1.54, 1.807) is 32.9 Å². The molecule has 0 radical (unpaired) electrons. The van der Waals surface area contributed by atoms with Crippen LogP contribution < -0.4 is 5.11 Å². The van der Waals surface area contributed by atoms with Crippen molar-refractivity contribution in [2.24, 2.45) is 50.2 Å². The Morgan fingerprint density at radius 1 is 0.642 bits per heavy atom. The lowest BCUT2D eigenvalue weighted by Crippen LogP contribution is -2.61. The topological polar surface area (TPSA) is 249 Å². The Morgan fingerprint density at radius 2 is 1.12 bits per heavy atom. The van der Waals surface area contributed by atoms with Gasteiger partial charge in [0.15, 0.2) is 14.3 Å². The van der Waals surface area contributed by atoms with Crippen LogP contribution in [0.4, 0.5) is 18.9 Å². The lowest BCUT2D eigenvalue weighted by Gasteiger charge is -2.60. The summed E-state index contributed by atoms with van der Waals surface area (Å²) < 4.78 is 97.6. The number of alkyl halides is 3. The van der Waals surface area contributed by atoms with Gasteiger partial charge in [0.05, 0.1) is 42.5 Å². The molecule has 1 aromatic heterocycles. The van der Waals surface area contributed by atoms with Gasteiger partial charge in [0.2, 0.25) is 6.10 Å². The van der Waals surface area contributed by atoms with Gasteiger partial charge < -0.3 is 33.7 Å². The molecule has 1 heterocycles. The Balaban J connectivity index is 0.000000189. The first-order chi connectivity index (χ1) is 50.6. The maximum absolute atomic E-state index is 13.3. The van der Waals surface area contributed by atoms with E-state index in [0.717, 1.165) is 56.9 Å². The number of benzene rings is 6. The molecule has 6 aliphatic carbocycles. The number of aryl methyl sites for hydroxylation is 1. The molecule has 7 aromatic rings. The number of nitro benzene ring substituents is 1. The van der Waals surface area contributed by atoms with Gasteiger partial charge >= 0.3 is 30.1 Å². The average molecular weight is 1550 g/mol. The van der Waals surface area contributed by atoms with Crippen LogP contribution in [0.3, 0.4) is 0 Å². The van der Waals surface area contributed by atoms with E-state index >= 15 is 0 Å². The fourth-order valence-corrected chi connectivity index (χ4v) is 18.7. The van der Waals surface area contributed by atoms with Gasteiger partial charge in [-0.15, -0.1) is 0 Å². The number of ether oxygens (including phenoxy) is 4. The van der Waals surface area contributed by atoms with E-state index < -0.39 is 72.6 Å². The van der Waals surface area contributed by atoms with Crippen LogP contribution in [0.15, 0.2) is 146 Å². The first-order valence-corrected chi connectivity index (χ1v) is 41.0. The highest BCUT2D eigenvalue weighted by Crippen LogP contribution is 2.64. The molecular formula is C88H115F3NO15S2-. The van der Waals surface area contributed by atoms with Crippen LogP contribution in [-0.2, 0) is 61.1 Å². The highest BCUT2D eigenvalue weighted by atomic mass is 32.2. The minimum Gasteiger partial charge on any atom is -0.868 e. The van der Waals surface area contributed by atoms with Crippen LogP contribution in [0.2, 0.25) is 0 Å². The van der Waals surface area contributed by atoms with E-state index in [1.165, 1.54) is 53.9 Å². The molecule has 0 saturated heterocycles. The zero-order chi connectivity index (χ0) is 81.3. The lowest BCUT2D eigenvalue weighted by atomic mass is 9.48. The third kappa shape index (κ3) is 22.7. The monoisotopic (exact) mass is 1550 g/mol. The molecular weight excluding hydrogens is 1430 g/mol. The summed E-state index contributed by atoms with van der Waals surface area (Å²) in [6.45, 7) is 36.8. The van der Waals surface area contributed by atoms with Crippen molar-refractivity contribution in [2.45, 2.75) is 250 Å². The number of fused-ring (bicyclic) bond motifs is 4. The van der Waals surface area contributed by atoms with Crippen molar-refractivity contribution in [1.29, 1.82) is 0 Å². The van der Waals surface area contributed by atoms with Crippen molar-refractivity contribution >= 4 is 70.3 Å². The minimum absolute atomic E-state index is 0.00100. The molecule has 109 heavy (non-hydrogen) atoms. The zero-order valence-electron chi connectivity index (χ0n) is 67.0. The van der Waals surface area contributed by atoms with Crippen molar-refractivity contribution < 1.29 is 79.4 Å². The number of phenolic OH excluding ortho intramolecular Hbond substituents is 1. The molecule has 21 heteroatoms. The number of rotatable bonds is 17. The highest BCUT2D eigenvalue weighted by molar-refractivity contribution is 7.85. The fourth-order valence-electron chi connectivity index (χ4n) is 15.7. The van der Waals surface area contributed by atoms with Gasteiger partial charge in [-0.05, 0) is 237 Å². The molecule has 0 amide bonds. The Kier molecular flexibility index (Phi) is 28.5. The molecule has 1 N–H and O–H groups in total. The average Bonchev–Trinajstić information content (AvgIpc) is 1.46. The second-order valence-electron chi connectivity index (χ2n) is 34.5. The summed E-state index contributed by atoms with van der Waals surface area (Å²) in [4.78, 5) is 61.0. The predicted octanol–water partition coefficient (Wildman–Crippen LogP) is 21.3. The first-order valence-electron chi connectivity index (χ1n) is 38.2. The van der Waals surface area contributed by atoms with Crippen molar-refractivity contribution in [3.63, 3.8) is 0 Å². The Bertz CT molecular complexity index is 4320. The fraction of sp³-hybridized carbons (Fsp3) is 0.545. The van der Waals surface area contributed by atoms with Gasteiger partial charge in [0.1, 0.15) is 23.1 Å². The van der Waals surface area contributed by atoms with Crippen molar-refractivity contribution in [2.75, 3.05) is 5.75 Å². The number of aromatic hydroxyl groups is 1. The summed E-state index contributed by atoms with van der Waals surface area (Å²) in [5, 5.41) is 32.9. The van der Waals surface area contributed by atoms with Crippen molar-refractivity contribution in [3.8, 4) is 16.4 Å². The number of esters is 4. The van der Waals surface area contributed by atoms with Crippen LogP contribution >= 0.6 is 10.5 Å². The number of halogens is 3. The summed E-state index contributed by atoms with van der Waals surface area (Å²) in [5.74, 6) is -2.57. The van der Waals surface area contributed by atoms with E-state index in [0.29, 0.717) is 49.7 Å². The summed E-state index contributed by atoms with van der Waals surface area (Å²) in [7, 11) is -5.21. The van der Waals surface area contributed by atoms with Gasteiger partial charge in [-0.2, -0.15) is 13.2 Å². The molecule has 0 aliphatic heterocycles. The zero-order valence-corrected chi connectivity index (χ0v) is 68.6. The summed E-state index contributed by atoms with van der Waals surface area (Å²) in [6.07, 6.45) is 1.27. The molecule has 6 aliphatic rings. The second kappa shape index (κ2) is 35.2. The summed E-state index contributed by atoms with van der Waals surface area (Å²) in [6, 6.07) is 48.2. The Morgan fingerprint density at radius 3 is 1.58 bits per heavy atom. The molecule has 13 rings (SSSR count). The number of nitrogens with zero attached hydrogens (tertiary/aromatic N) is 1. The molecule has 5 saturated carbocycles. The molecule has 6 aromatic carbocycles. The predicted molar refractivity (Wildman–Crippen MR) is 422 cm³/mol. The van der Waals surface area contributed by atoms with E-state index in [9.17, 15) is 60.5 Å². The molecule has 4 bridgehead atoms. The van der Waals surface area contributed by atoms with Gasteiger partial charge in [-0.3, -0.25) is 29.3 Å². The molecule has 4 unspecified atom stereocenters. The normalized spacial score (nSPS) is 21.9. The maximum atomic E-state index is 13.3. The number of phenols is 1. The highest BCUT2D eigenvalue weighted by Gasteiger charge is 2.64. The van der Waals surface area contributed by atoms with Gasteiger partial charge in [-0.25, -0.2) is 8.42 Å². The quantitative estimate of drug-likeness (QED) is 0.0222. The minimum atomic E-state index is -5.27. The van der Waals surface area contributed by atoms with E-state index in [4.69, 9.17) is 19.3 Å². The van der Waals surface area contributed by atoms with Crippen LogP contribution in [0.25, 0.3) is 25.1 Å². The smallest absolute Gasteiger partial charge is 0.426 e. The van der Waals surface area contributed by atoms with Gasteiger partial charge in [-0.1, -0.05) is 160 Å². The number of hydrogen-bond donors (Lipinski definition) is 1. The number of hydrogen-bond acceptors (Lipinski definition) is 15. The molecule has 0 spiro atoms. The maximum Gasteiger partial charge on any atom is 0.426 e. The SMILES string of the molecule is CCC(C)(C)C(=O)OC1(C)Cc2ccccc2C1.CCC(C)(C)C(=O)OC12CC3CC(C1)CC(C(=O)OC(CS(=O)(=O)[O-])C(F)(F)F)(C3)C2.CCC(C)(C)C(=O)OC1CC(C)(C)C(C)C(C)(C)C1.CCC(C)c1cccc(O)c1.Cc1ccc([O-])c([N+](=O)[O-])c1.c1ccc(-[s+]2c3ccccc3c3ccccc32)cc1. The molecule has 596 valence electrons. The standard InChI is InChI=1S/C20H29F3O7S.C18H13S.C17H32O2.C16H22O2.C10H14O.C7H7NO3/c1-4-17(2,3)15(24)30-19-8-12-5-13(9-19)7-18(6-12,11-19)16(25)29-14(20(21,22)23)10-31(26,27)28;1-2-8-14(9-3-1)19-17-12-6-4-10-15(17)16-11-5-7-13-18(16)19;1-9-15(3,4)14(18)19-13-10-16(5,6)12(2)17(7,8)11-13;1-5-15(2,3)14(17)18-16(4)10-12-8-6-7-9-13(12)11-16;1-3-8(2)9-5-4-6-10(11)7-9;1-5-2-3-7(9)6(4-5)8(10)11/h12-14H,4-11H2,1-3H3,(H,26,27,28);1-13H;12-13H,9-11H2,1-8H3;6-9H,5,10-11H2,1-4H3;4-8,11H,3H2,1-2H3;2-4,9H,1H3/q;+1;;;;/p-2. The third-order valence-corrected chi connectivity index (χ3v) is 26.6. The third-order valence-electron chi connectivity index (χ3n) is 23.6. The van der Waals surface area contributed by atoms with Crippen LogP contribution in [0.1, 0.15) is 223 Å². The van der Waals surface area contributed by atoms with Crippen molar-refractivity contribution in [1.82, 2.24) is 0 Å². The van der Waals surface area contributed by atoms with Gasteiger partial charge in [0, 0.05) is 46.6 Å². The van der Waals surface area contributed by atoms with Crippen LogP contribution in [-0.4, -0.2) is 82.2 Å². The number of carbonyl (C=O) groups excluding carboxylic acids is 4. The number of carbonyl (C=O) groups is 4. The first kappa shape index (κ1) is 88.3. The van der Waals surface area contributed by atoms with Crippen molar-refractivity contribution in [3.05, 3.63) is 178 Å². The molecule has 4 atom stereocenters. The van der Waals surface area contributed by atoms with Crippen LogP contribution in [0.5, 0.6) is 11.5 Å². The Labute approximate surface area is 646 Å².